The summed E-state index contributed by atoms with van der Waals surface area (Å²) in [5.74, 6) is -0.328. The van der Waals surface area contributed by atoms with Gasteiger partial charge in [0.15, 0.2) is 0 Å². The van der Waals surface area contributed by atoms with E-state index >= 15 is 0 Å². The maximum atomic E-state index is 13.1. The quantitative estimate of drug-likeness (QED) is 0.623. The Morgan fingerprint density at radius 1 is 1.42 bits per heavy atom. The number of hydrogen-bond donors (Lipinski definition) is 2. The van der Waals surface area contributed by atoms with Crippen LogP contribution in [0.4, 0.5) is 4.39 Å². The number of carbonyl (C=O) groups excluding carboxylic acids is 1. The van der Waals surface area contributed by atoms with E-state index in [4.69, 9.17) is 16.3 Å². The van der Waals surface area contributed by atoms with E-state index in [-0.39, 0.29) is 42.6 Å². The van der Waals surface area contributed by atoms with Gasteiger partial charge in [0.2, 0.25) is 5.91 Å². The molecule has 1 unspecified atom stereocenters. The number of benzene rings is 1. The van der Waals surface area contributed by atoms with Gasteiger partial charge in [-0.2, -0.15) is 0 Å². The predicted octanol–water partition coefficient (Wildman–Crippen LogP) is 2.64. The normalized spacial score (nSPS) is 17.1. The summed E-state index contributed by atoms with van der Waals surface area (Å²) in [5, 5.41) is 6.54. The summed E-state index contributed by atoms with van der Waals surface area (Å²) in [5.41, 5.74) is 0.909. The van der Waals surface area contributed by atoms with E-state index in [0.29, 0.717) is 31.3 Å². The van der Waals surface area contributed by atoms with Crippen LogP contribution in [0.1, 0.15) is 18.4 Å². The first-order valence-corrected chi connectivity index (χ1v) is 8.61. The molecular weight excluding hydrogens is 404 g/mol. The monoisotopic (exact) mass is 429 g/mol. The zero-order valence-corrected chi connectivity index (χ0v) is 17.2. The standard InChI is InChI=1S/C17H25ClFN3O2.2ClH/c1-24-8-6-20-10-17(23)21-15-3-2-7-22(12-15)11-13-4-5-14(19)9-16(13)18;;/h4-5,9,15,20H,2-3,6-8,10-12H2,1H3,(H,21,23);2*1H. The summed E-state index contributed by atoms with van der Waals surface area (Å²) in [6, 6.07) is 4.62. The second-order valence-corrected chi connectivity index (χ2v) is 6.45. The van der Waals surface area contributed by atoms with Crippen LogP contribution in [0.25, 0.3) is 0 Å². The van der Waals surface area contributed by atoms with Crippen LogP contribution in [0.2, 0.25) is 5.02 Å². The molecule has 5 nitrogen and oxygen atoms in total. The van der Waals surface area contributed by atoms with Crippen molar-refractivity contribution in [2.45, 2.75) is 25.4 Å². The van der Waals surface area contributed by atoms with Crippen molar-refractivity contribution in [1.29, 1.82) is 0 Å². The summed E-state index contributed by atoms with van der Waals surface area (Å²) >= 11 is 6.10. The van der Waals surface area contributed by atoms with Crippen molar-refractivity contribution in [1.82, 2.24) is 15.5 Å². The Kier molecular flexibility index (Phi) is 13.2. The molecule has 1 aromatic carbocycles. The number of halogens is 4. The summed E-state index contributed by atoms with van der Waals surface area (Å²) in [7, 11) is 1.63. The van der Waals surface area contributed by atoms with Crippen molar-refractivity contribution in [2.24, 2.45) is 0 Å². The largest absolute Gasteiger partial charge is 0.383 e. The lowest BCUT2D eigenvalue weighted by atomic mass is 10.0. The van der Waals surface area contributed by atoms with Gasteiger partial charge >= 0.3 is 0 Å². The first kappa shape index (κ1) is 25.4. The number of ether oxygens (including phenoxy) is 1. The third-order valence-electron chi connectivity index (χ3n) is 4.05. The van der Waals surface area contributed by atoms with E-state index in [9.17, 15) is 9.18 Å². The molecule has 2 N–H and O–H groups in total. The molecule has 0 aliphatic carbocycles. The van der Waals surface area contributed by atoms with Crippen LogP contribution in [0, 0.1) is 5.82 Å². The summed E-state index contributed by atoms with van der Waals surface area (Å²) in [4.78, 5) is 14.2. The molecule has 0 spiro atoms. The molecule has 1 saturated heterocycles. The van der Waals surface area contributed by atoms with Gasteiger partial charge in [-0.05, 0) is 37.1 Å². The topological polar surface area (TPSA) is 53.6 Å². The van der Waals surface area contributed by atoms with E-state index in [1.807, 2.05) is 0 Å². The molecular formula is C17H27Cl3FN3O2. The Balaban J connectivity index is 0.00000312. The fourth-order valence-electron chi connectivity index (χ4n) is 2.86. The average molecular weight is 431 g/mol. The highest BCUT2D eigenvalue weighted by molar-refractivity contribution is 6.31. The first-order chi connectivity index (χ1) is 11.6. The minimum absolute atomic E-state index is 0. The van der Waals surface area contributed by atoms with Gasteiger partial charge in [-0.3, -0.25) is 9.69 Å². The molecule has 150 valence electrons. The number of rotatable bonds is 8. The van der Waals surface area contributed by atoms with Crippen LogP contribution in [0.5, 0.6) is 0 Å². The highest BCUT2D eigenvalue weighted by Gasteiger charge is 2.21. The molecule has 1 aliphatic rings. The Morgan fingerprint density at radius 2 is 2.19 bits per heavy atom. The minimum Gasteiger partial charge on any atom is -0.383 e. The number of carbonyl (C=O) groups is 1. The van der Waals surface area contributed by atoms with Crippen LogP contribution >= 0.6 is 36.4 Å². The van der Waals surface area contributed by atoms with E-state index in [0.717, 1.165) is 31.5 Å². The Hall–Kier alpha value is -0.630. The predicted molar refractivity (Wildman–Crippen MR) is 107 cm³/mol. The molecule has 1 heterocycles. The number of hydrogen-bond acceptors (Lipinski definition) is 4. The fraction of sp³-hybridized carbons (Fsp3) is 0.588. The lowest BCUT2D eigenvalue weighted by molar-refractivity contribution is -0.121. The van der Waals surface area contributed by atoms with Crippen molar-refractivity contribution in [2.75, 3.05) is 39.9 Å². The third-order valence-corrected chi connectivity index (χ3v) is 4.40. The third kappa shape index (κ3) is 8.84. The Bertz CT molecular complexity index is 552. The second kappa shape index (κ2) is 13.5. The summed E-state index contributed by atoms with van der Waals surface area (Å²) < 4.78 is 18.0. The fourth-order valence-corrected chi connectivity index (χ4v) is 3.09. The van der Waals surface area contributed by atoms with Crippen LogP contribution in [0.3, 0.4) is 0 Å². The van der Waals surface area contributed by atoms with Gasteiger partial charge < -0.3 is 15.4 Å². The van der Waals surface area contributed by atoms with Gasteiger partial charge in [-0.15, -0.1) is 24.8 Å². The van der Waals surface area contributed by atoms with Crippen LogP contribution in [-0.2, 0) is 16.1 Å². The molecule has 1 amide bonds. The van der Waals surface area contributed by atoms with E-state index < -0.39 is 0 Å². The molecule has 0 saturated carbocycles. The Labute approximate surface area is 171 Å². The number of amides is 1. The molecule has 1 fully saturated rings. The van der Waals surface area contributed by atoms with Crippen molar-refractivity contribution >= 4 is 42.3 Å². The average Bonchev–Trinajstić information content (AvgIpc) is 2.55. The maximum Gasteiger partial charge on any atom is 0.234 e. The molecule has 1 aromatic rings. The van der Waals surface area contributed by atoms with Gasteiger partial charge in [-0.1, -0.05) is 17.7 Å². The molecule has 2 rings (SSSR count). The van der Waals surface area contributed by atoms with E-state index in [1.54, 1.807) is 13.2 Å². The summed E-state index contributed by atoms with van der Waals surface area (Å²) in [6.07, 6.45) is 1.98. The molecule has 0 aromatic heterocycles. The van der Waals surface area contributed by atoms with Crippen molar-refractivity contribution in [3.63, 3.8) is 0 Å². The maximum absolute atomic E-state index is 13.1. The lowest BCUT2D eigenvalue weighted by Gasteiger charge is -2.33. The number of methoxy groups -OCH3 is 1. The van der Waals surface area contributed by atoms with Crippen molar-refractivity contribution < 1.29 is 13.9 Å². The SMILES string of the molecule is COCCNCC(=O)NC1CCCN(Cc2ccc(F)cc2Cl)C1.Cl.Cl. The number of nitrogens with zero attached hydrogens (tertiary/aromatic N) is 1. The van der Waals surface area contributed by atoms with Gasteiger partial charge in [0.25, 0.3) is 0 Å². The van der Waals surface area contributed by atoms with Gasteiger partial charge in [0, 0.05) is 37.8 Å². The van der Waals surface area contributed by atoms with Crippen LogP contribution in [0.15, 0.2) is 18.2 Å². The Morgan fingerprint density at radius 3 is 2.88 bits per heavy atom. The first-order valence-electron chi connectivity index (χ1n) is 8.24. The summed E-state index contributed by atoms with van der Waals surface area (Å²) in [6.45, 7) is 3.93. The van der Waals surface area contributed by atoms with Gasteiger partial charge in [-0.25, -0.2) is 4.39 Å². The molecule has 1 atom stereocenters. The zero-order valence-electron chi connectivity index (χ0n) is 14.8. The van der Waals surface area contributed by atoms with E-state index in [2.05, 4.69) is 15.5 Å². The molecule has 9 heteroatoms. The lowest BCUT2D eigenvalue weighted by Crippen LogP contribution is -2.49. The van der Waals surface area contributed by atoms with E-state index in [1.165, 1.54) is 12.1 Å². The van der Waals surface area contributed by atoms with Crippen molar-refractivity contribution in [3.8, 4) is 0 Å². The molecule has 1 aliphatic heterocycles. The number of piperidine rings is 1. The van der Waals surface area contributed by atoms with Gasteiger partial charge in [0.1, 0.15) is 5.82 Å². The highest BCUT2D eigenvalue weighted by Crippen LogP contribution is 2.21. The molecule has 26 heavy (non-hydrogen) atoms. The zero-order chi connectivity index (χ0) is 17.4. The number of nitrogens with one attached hydrogen (secondary N) is 2. The molecule has 0 radical (unpaired) electrons. The van der Waals surface area contributed by atoms with Crippen molar-refractivity contribution in [3.05, 3.63) is 34.6 Å². The number of likely N-dealkylation sites (tertiary alicyclic amines) is 1. The van der Waals surface area contributed by atoms with Gasteiger partial charge in [0.05, 0.1) is 13.2 Å². The smallest absolute Gasteiger partial charge is 0.234 e. The highest BCUT2D eigenvalue weighted by atomic mass is 35.5. The molecule has 0 bridgehead atoms. The van der Waals surface area contributed by atoms with Crippen LogP contribution < -0.4 is 10.6 Å². The van der Waals surface area contributed by atoms with Crippen LogP contribution in [-0.4, -0.2) is 56.7 Å². The second-order valence-electron chi connectivity index (χ2n) is 6.05. The minimum atomic E-state index is -0.325.